The van der Waals surface area contributed by atoms with Crippen molar-refractivity contribution in [1.82, 2.24) is 25.8 Å². The number of benzene rings is 2. The molecule has 0 aliphatic rings. The summed E-state index contributed by atoms with van der Waals surface area (Å²) in [7, 11) is 1.75. The molecule has 57 heavy (non-hydrogen) atoms. The molecular weight excluding hydrogens is 752 g/mol. The predicted octanol–water partition coefficient (Wildman–Crippen LogP) is 3.17. The summed E-state index contributed by atoms with van der Waals surface area (Å²) in [5.74, 6) is -7.58. The lowest BCUT2D eigenvalue weighted by Crippen LogP contribution is -2.54. The number of ketones is 2. The lowest BCUT2D eigenvalue weighted by Gasteiger charge is -2.24. The number of rotatable bonds is 19. The van der Waals surface area contributed by atoms with Gasteiger partial charge in [-0.2, -0.15) is 0 Å². The van der Waals surface area contributed by atoms with Crippen molar-refractivity contribution in [3.8, 4) is 0 Å². The van der Waals surface area contributed by atoms with E-state index >= 15 is 0 Å². The van der Waals surface area contributed by atoms with Crippen molar-refractivity contribution in [2.75, 3.05) is 13.3 Å². The zero-order chi connectivity index (χ0) is 43.0. The van der Waals surface area contributed by atoms with E-state index in [9.17, 15) is 47.1 Å². The Kier molecular flexibility index (Phi) is 18.4. The van der Waals surface area contributed by atoms with Gasteiger partial charge in [0.25, 0.3) is 5.91 Å². The topological polar surface area (TPSA) is 239 Å². The van der Waals surface area contributed by atoms with Gasteiger partial charge in [-0.15, -0.1) is 0 Å². The highest BCUT2D eigenvalue weighted by atomic mass is 19.1. The van der Waals surface area contributed by atoms with Gasteiger partial charge < -0.3 is 40.8 Å². The van der Waals surface area contributed by atoms with Crippen molar-refractivity contribution in [2.45, 2.75) is 78.2 Å². The van der Waals surface area contributed by atoms with Gasteiger partial charge in [-0.3, -0.25) is 33.6 Å². The highest BCUT2D eigenvalue weighted by Crippen LogP contribution is 2.24. The van der Waals surface area contributed by atoms with Crippen LogP contribution >= 0.6 is 0 Å². The minimum Gasteiger partial charge on any atom is -0.481 e. The third kappa shape index (κ3) is 14.1. The molecule has 0 spiro atoms. The second kappa shape index (κ2) is 22.4. The third-order valence-electron chi connectivity index (χ3n) is 8.68. The summed E-state index contributed by atoms with van der Waals surface area (Å²) in [6.45, 7) is 5.69. The number of hydrogen-bond acceptors (Lipinski definition) is 9. The Bertz CT molecular complexity index is 1880. The molecule has 0 bridgehead atoms. The fraction of sp³-hybridized carbons (Fsp3) is 0.436. The van der Waals surface area contributed by atoms with Crippen molar-refractivity contribution in [3.05, 3.63) is 71.4 Å². The van der Waals surface area contributed by atoms with E-state index in [2.05, 4.69) is 21.3 Å². The van der Waals surface area contributed by atoms with Gasteiger partial charge in [-0.1, -0.05) is 76.2 Å². The number of aliphatic carboxylic acids is 2. The number of fused-ring (bicyclic) bond motifs is 1. The first-order valence-electron chi connectivity index (χ1n) is 17.9. The Morgan fingerprint density at radius 1 is 0.684 bits per heavy atom. The fourth-order valence-corrected chi connectivity index (χ4v) is 5.63. The highest BCUT2D eigenvalue weighted by molar-refractivity contribution is 6.03. The molecule has 18 heteroatoms. The molecule has 4 amide bonds. The van der Waals surface area contributed by atoms with E-state index in [4.69, 9.17) is 14.9 Å². The van der Waals surface area contributed by atoms with Crippen molar-refractivity contribution >= 4 is 58.2 Å². The zero-order valence-corrected chi connectivity index (χ0v) is 32.5. The van der Waals surface area contributed by atoms with E-state index in [-0.39, 0.29) is 18.4 Å². The van der Waals surface area contributed by atoms with Gasteiger partial charge in [0.1, 0.15) is 49.8 Å². The lowest BCUT2D eigenvalue weighted by molar-refractivity contribution is -0.141. The monoisotopic (exact) mass is 801 g/mol. The minimum absolute atomic E-state index is 0.00108. The Balaban J connectivity index is 0.000000396. The first kappa shape index (κ1) is 47.0. The van der Waals surface area contributed by atoms with Crippen LogP contribution in [0.2, 0.25) is 0 Å². The molecule has 2 aromatic carbocycles. The van der Waals surface area contributed by atoms with Crippen molar-refractivity contribution in [2.24, 2.45) is 18.9 Å². The third-order valence-corrected chi connectivity index (χ3v) is 8.68. The summed E-state index contributed by atoms with van der Waals surface area (Å²) < 4.78 is 32.1. The molecule has 4 atom stereocenters. The van der Waals surface area contributed by atoms with Gasteiger partial charge in [0, 0.05) is 18.0 Å². The number of ether oxygens (including phenoxy) is 1. The Morgan fingerprint density at radius 2 is 1.14 bits per heavy atom. The number of amides is 4. The molecule has 0 aliphatic carbocycles. The second-order valence-corrected chi connectivity index (χ2v) is 13.7. The van der Waals surface area contributed by atoms with Crippen LogP contribution in [0.1, 0.15) is 62.2 Å². The molecule has 16 nitrogen and oxygen atoms in total. The summed E-state index contributed by atoms with van der Waals surface area (Å²) in [5.41, 5.74) is 2.76. The first-order valence-corrected chi connectivity index (χ1v) is 17.9. The summed E-state index contributed by atoms with van der Waals surface area (Å²) in [4.78, 5) is 94.9. The number of carboxylic acid groups (broad SMARTS) is 2. The largest absolute Gasteiger partial charge is 0.481 e. The molecular formula is C39H49F2N5O11. The molecule has 3 rings (SSSR count). The van der Waals surface area contributed by atoms with E-state index in [0.717, 1.165) is 22.0 Å². The maximum atomic E-state index is 13.0. The standard InChI is InChI=1S/C21H26FN3O5.C18H23FN2O6/c1-11(2)18(20(29)23-14(9-17(27)28)16(26)10-22)24-21(30)19-12(3)13-7-5-6-8-15(13)25(19)4;1-11(2)16(17(25)20-13(8-15(23)24)14(22)9-19)21-18(26)27-10-12-6-4-3-5-7-12/h5-8,11,14,18H,9-10H2,1-4H3,(H,23,29)(H,24,30)(H,27,28);3-7,11,13,16H,8-10H2,1-2H3,(H,20,25)(H,21,26)(H,23,24)/t14?,18-;13?,16-/m00/s1. The number of carbonyl (C=O) groups excluding carboxylic acids is 6. The molecule has 1 heterocycles. The SMILES string of the molecule is CC(C)[C@H](NC(=O)OCc1ccccc1)C(=O)NC(CC(=O)O)C(=O)CF.Cc1c(C(=O)N[C@H](C(=O)NC(CC(=O)O)C(=O)CF)C(C)C)n(C)c2ccccc12. The molecule has 0 fully saturated rings. The second-order valence-electron chi connectivity index (χ2n) is 13.7. The molecule has 0 saturated carbocycles. The van der Waals surface area contributed by atoms with E-state index in [0.29, 0.717) is 5.69 Å². The number of aromatic nitrogens is 1. The van der Waals surface area contributed by atoms with Gasteiger partial charge in [0.15, 0.2) is 11.6 Å². The number of alkyl carbamates (subject to hydrolysis) is 1. The number of aryl methyl sites for hydroxylation is 2. The number of carbonyl (C=O) groups is 8. The Labute approximate surface area is 327 Å². The Morgan fingerprint density at radius 3 is 1.58 bits per heavy atom. The van der Waals surface area contributed by atoms with Crippen molar-refractivity contribution in [3.63, 3.8) is 0 Å². The van der Waals surface area contributed by atoms with Crippen LogP contribution in [0.25, 0.3) is 10.9 Å². The van der Waals surface area contributed by atoms with Crippen LogP contribution in [0, 0.1) is 18.8 Å². The average molecular weight is 802 g/mol. The molecule has 0 radical (unpaired) electrons. The molecule has 0 aliphatic heterocycles. The molecule has 6 N–H and O–H groups in total. The number of halogens is 2. The number of nitrogens with zero attached hydrogens (tertiary/aromatic N) is 1. The summed E-state index contributed by atoms with van der Waals surface area (Å²) >= 11 is 0. The molecule has 1 aromatic heterocycles. The first-order chi connectivity index (χ1) is 26.8. The maximum Gasteiger partial charge on any atom is 0.408 e. The normalized spacial score (nSPS) is 12.9. The van der Waals surface area contributed by atoms with Crippen LogP contribution < -0.4 is 21.3 Å². The van der Waals surface area contributed by atoms with Gasteiger partial charge in [0.05, 0.1) is 12.8 Å². The number of para-hydroxylation sites is 1. The molecule has 310 valence electrons. The number of hydrogen-bond donors (Lipinski definition) is 6. The van der Waals surface area contributed by atoms with Crippen molar-refractivity contribution < 1.29 is 62.1 Å². The quantitative estimate of drug-likeness (QED) is 0.103. The molecule has 2 unspecified atom stereocenters. The Hall–Kier alpha value is -6.20. The van der Waals surface area contributed by atoms with E-state index in [1.807, 2.05) is 37.3 Å². The van der Waals surface area contributed by atoms with Crippen LogP contribution in [0.3, 0.4) is 0 Å². The summed E-state index contributed by atoms with van der Waals surface area (Å²) in [6.07, 6.45) is -2.34. The average Bonchev–Trinajstić information content (AvgIpc) is 3.42. The number of Topliss-reactive ketones (excluding diaryl/α,β-unsaturated/α-hetero) is 2. The minimum atomic E-state index is -1.51. The van der Waals surface area contributed by atoms with Gasteiger partial charge in [0.2, 0.25) is 11.8 Å². The smallest absolute Gasteiger partial charge is 0.408 e. The molecule has 0 saturated heterocycles. The lowest BCUT2D eigenvalue weighted by atomic mass is 10.0. The number of alkyl halides is 2. The fourth-order valence-electron chi connectivity index (χ4n) is 5.63. The van der Waals surface area contributed by atoms with E-state index in [1.165, 1.54) is 0 Å². The van der Waals surface area contributed by atoms with Crippen LogP contribution in [0.15, 0.2) is 54.6 Å². The van der Waals surface area contributed by atoms with Gasteiger partial charge in [-0.25, -0.2) is 13.6 Å². The van der Waals surface area contributed by atoms with Crippen molar-refractivity contribution in [1.29, 1.82) is 0 Å². The van der Waals surface area contributed by atoms with E-state index in [1.54, 1.807) is 63.6 Å². The zero-order valence-electron chi connectivity index (χ0n) is 32.5. The number of nitrogens with one attached hydrogen (secondary N) is 4. The highest BCUT2D eigenvalue weighted by Gasteiger charge is 2.32. The molecule has 3 aromatic rings. The van der Waals surface area contributed by atoms with Gasteiger partial charge >= 0.3 is 18.0 Å². The predicted molar refractivity (Wildman–Crippen MR) is 202 cm³/mol. The summed E-state index contributed by atoms with van der Waals surface area (Å²) in [5, 5.41) is 28.1. The van der Waals surface area contributed by atoms with Crippen LogP contribution in [-0.4, -0.2) is 99.6 Å². The van der Waals surface area contributed by atoms with Crippen LogP contribution in [0.5, 0.6) is 0 Å². The number of carboxylic acids is 2. The maximum absolute atomic E-state index is 13.0. The summed E-state index contributed by atoms with van der Waals surface area (Å²) in [6, 6.07) is 11.3. The van der Waals surface area contributed by atoms with E-state index < -0.39 is 97.7 Å². The van der Waals surface area contributed by atoms with Gasteiger partial charge in [-0.05, 0) is 36.0 Å². The van der Waals surface area contributed by atoms with Crippen LogP contribution in [0.4, 0.5) is 13.6 Å². The van der Waals surface area contributed by atoms with Crippen LogP contribution in [-0.2, 0) is 47.2 Å².